The smallest absolute Gasteiger partial charge is 0.306 e. The number of hydrogen-bond donors (Lipinski definition) is 3. The highest BCUT2D eigenvalue weighted by molar-refractivity contribution is 5.67. The first kappa shape index (κ1) is 11.4. The molecule has 1 saturated heterocycles. The number of nitrogens with zero attached hydrogens (tertiary/aromatic N) is 1. The Morgan fingerprint density at radius 2 is 2.21 bits per heavy atom. The van der Waals surface area contributed by atoms with Gasteiger partial charge in [-0.1, -0.05) is 0 Å². The summed E-state index contributed by atoms with van der Waals surface area (Å²) in [6.07, 6.45) is 0.148. The molecule has 1 aliphatic rings. The van der Waals surface area contributed by atoms with Crippen LogP contribution in [0.2, 0.25) is 0 Å². The Bertz CT molecular complexity index is 179. The summed E-state index contributed by atoms with van der Waals surface area (Å²) < 4.78 is 0. The van der Waals surface area contributed by atoms with Crippen LogP contribution in [0, 0.1) is 0 Å². The molecule has 1 atom stereocenters. The Labute approximate surface area is 83.7 Å². The van der Waals surface area contributed by atoms with Gasteiger partial charge in [-0.2, -0.15) is 0 Å². The fourth-order valence-corrected chi connectivity index (χ4v) is 1.65. The maximum atomic E-state index is 10.3. The molecule has 1 fully saturated rings. The zero-order valence-electron chi connectivity index (χ0n) is 8.28. The fourth-order valence-electron chi connectivity index (χ4n) is 1.65. The lowest BCUT2D eigenvalue weighted by Crippen LogP contribution is -2.36. The molecule has 0 aliphatic carbocycles. The van der Waals surface area contributed by atoms with Gasteiger partial charge in [0.2, 0.25) is 0 Å². The van der Waals surface area contributed by atoms with Gasteiger partial charge in [0.15, 0.2) is 0 Å². The molecule has 3 N–H and O–H groups in total. The first-order valence-corrected chi connectivity index (χ1v) is 5.01. The lowest BCUT2D eigenvalue weighted by molar-refractivity contribution is -0.139. The molecule has 0 saturated carbocycles. The lowest BCUT2D eigenvalue weighted by Gasteiger charge is -2.21. The first-order chi connectivity index (χ1) is 6.68. The minimum absolute atomic E-state index is 0.163. The van der Waals surface area contributed by atoms with Crippen LogP contribution in [0.25, 0.3) is 0 Å². The van der Waals surface area contributed by atoms with Gasteiger partial charge in [0, 0.05) is 19.6 Å². The molecule has 1 unspecified atom stereocenters. The molecule has 0 aromatic carbocycles. The third-order valence-corrected chi connectivity index (χ3v) is 2.31. The molecule has 14 heavy (non-hydrogen) atoms. The summed E-state index contributed by atoms with van der Waals surface area (Å²) in [7, 11) is 0. The maximum Gasteiger partial charge on any atom is 0.306 e. The van der Waals surface area contributed by atoms with Crippen molar-refractivity contribution < 1.29 is 15.0 Å². The Morgan fingerprint density at radius 3 is 2.93 bits per heavy atom. The van der Waals surface area contributed by atoms with Gasteiger partial charge in [-0.3, -0.25) is 9.69 Å². The number of aliphatic hydroxyl groups excluding tert-OH is 1. The van der Waals surface area contributed by atoms with Crippen molar-refractivity contribution in [1.82, 2.24) is 10.2 Å². The molecule has 0 aromatic rings. The second-order valence-electron chi connectivity index (χ2n) is 3.66. The van der Waals surface area contributed by atoms with E-state index in [1.807, 2.05) is 0 Å². The number of carbonyl (C=O) groups is 1. The van der Waals surface area contributed by atoms with Crippen LogP contribution in [0.4, 0.5) is 0 Å². The quantitative estimate of drug-likeness (QED) is 0.552. The molecule has 1 aliphatic heterocycles. The van der Waals surface area contributed by atoms with E-state index >= 15 is 0 Å². The molecule has 0 aromatic heterocycles. The third kappa shape index (κ3) is 4.55. The van der Waals surface area contributed by atoms with Crippen molar-refractivity contribution in [2.45, 2.75) is 18.9 Å². The molecular formula is C9H18N2O3. The van der Waals surface area contributed by atoms with Crippen molar-refractivity contribution in [2.75, 3.05) is 32.7 Å². The monoisotopic (exact) mass is 202 g/mol. The molecular weight excluding hydrogens is 184 g/mol. The van der Waals surface area contributed by atoms with E-state index in [0.29, 0.717) is 6.54 Å². The zero-order chi connectivity index (χ0) is 10.4. The van der Waals surface area contributed by atoms with Crippen LogP contribution in [0.5, 0.6) is 0 Å². The van der Waals surface area contributed by atoms with Gasteiger partial charge in [-0.05, 0) is 19.5 Å². The van der Waals surface area contributed by atoms with E-state index in [2.05, 4.69) is 10.2 Å². The van der Waals surface area contributed by atoms with Gasteiger partial charge in [-0.15, -0.1) is 0 Å². The summed E-state index contributed by atoms with van der Waals surface area (Å²) in [5, 5.41) is 21.2. The van der Waals surface area contributed by atoms with E-state index in [1.165, 1.54) is 0 Å². The lowest BCUT2D eigenvalue weighted by atomic mass is 10.2. The highest BCUT2D eigenvalue weighted by Gasteiger charge is 2.15. The van der Waals surface area contributed by atoms with Crippen molar-refractivity contribution >= 4 is 5.97 Å². The molecule has 0 amide bonds. The number of aliphatic hydroxyl groups is 1. The summed E-state index contributed by atoms with van der Waals surface area (Å²) in [6, 6.07) is 0. The van der Waals surface area contributed by atoms with E-state index in [4.69, 9.17) is 5.11 Å². The van der Waals surface area contributed by atoms with Crippen LogP contribution < -0.4 is 5.32 Å². The van der Waals surface area contributed by atoms with Crippen LogP contribution >= 0.6 is 0 Å². The van der Waals surface area contributed by atoms with E-state index < -0.39 is 12.1 Å². The number of carboxylic acid groups (broad SMARTS) is 1. The average Bonchev–Trinajstić information content (AvgIpc) is 2.31. The number of hydrogen-bond acceptors (Lipinski definition) is 4. The van der Waals surface area contributed by atoms with Gasteiger partial charge in [0.25, 0.3) is 0 Å². The van der Waals surface area contributed by atoms with Crippen molar-refractivity contribution in [2.24, 2.45) is 0 Å². The molecule has 82 valence electrons. The van der Waals surface area contributed by atoms with Gasteiger partial charge in [0.05, 0.1) is 12.5 Å². The van der Waals surface area contributed by atoms with E-state index in [9.17, 15) is 9.90 Å². The normalized spacial score (nSPS) is 21.5. The minimum atomic E-state index is -0.939. The van der Waals surface area contributed by atoms with E-state index in [1.54, 1.807) is 0 Å². The van der Waals surface area contributed by atoms with Crippen LogP contribution in [0.15, 0.2) is 0 Å². The Balaban J connectivity index is 2.23. The SMILES string of the molecule is O=C(O)CC(O)CN1CCCNCC1. The largest absolute Gasteiger partial charge is 0.481 e. The fraction of sp³-hybridized carbons (Fsp3) is 0.889. The number of aliphatic carboxylic acids is 1. The van der Waals surface area contributed by atoms with Crippen LogP contribution in [-0.2, 0) is 4.79 Å². The van der Waals surface area contributed by atoms with Crippen LogP contribution in [0.3, 0.4) is 0 Å². The van der Waals surface area contributed by atoms with Crippen LogP contribution in [0.1, 0.15) is 12.8 Å². The molecule has 5 heteroatoms. The third-order valence-electron chi connectivity index (χ3n) is 2.31. The average molecular weight is 202 g/mol. The van der Waals surface area contributed by atoms with Crippen LogP contribution in [-0.4, -0.2) is 59.9 Å². The standard InChI is InChI=1S/C9H18N2O3/c12-8(6-9(13)14)7-11-4-1-2-10-3-5-11/h8,10,12H,1-7H2,(H,13,14). The van der Waals surface area contributed by atoms with Crippen molar-refractivity contribution in [1.29, 1.82) is 0 Å². The Hall–Kier alpha value is -0.650. The zero-order valence-corrected chi connectivity index (χ0v) is 8.28. The number of nitrogens with one attached hydrogen (secondary N) is 1. The topological polar surface area (TPSA) is 72.8 Å². The van der Waals surface area contributed by atoms with Gasteiger partial charge in [-0.25, -0.2) is 0 Å². The van der Waals surface area contributed by atoms with Crippen molar-refractivity contribution in [3.63, 3.8) is 0 Å². The summed E-state index contributed by atoms with van der Waals surface area (Å²) in [5.41, 5.74) is 0. The van der Waals surface area contributed by atoms with Gasteiger partial charge >= 0.3 is 5.97 Å². The second kappa shape index (κ2) is 5.95. The molecule has 5 nitrogen and oxygen atoms in total. The molecule has 0 spiro atoms. The van der Waals surface area contributed by atoms with Crippen molar-refractivity contribution in [3.05, 3.63) is 0 Å². The maximum absolute atomic E-state index is 10.3. The van der Waals surface area contributed by atoms with Gasteiger partial charge < -0.3 is 15.5 Å². The summed E-state index contributed by atoms with van der Waals surface area (Å²) in [4.78, 5) is 12.4. The molecule has 0 bridgehead atoms. The highest BCUT2D eigenvalue weighted by Crippen LogP contribution is 2.00. The number of carboxylic acids is 1. The number of β-amino-alcohol motifs (C(OH)–C–C–N with tert-alkyl or cyclic N) is 1. The molecule has 1 heterocycles. The molecule has 1 rings (SSSR count). The Morgan fingerprint density at radius 1 is 1.43 bits per heavy atom. The summed E-state index contributed by atoms with van der Waals surface area (Å²) in [6.45, 7) is 4.21. The second-order valence-corrected chi connectivity index (χ2v) is 3.66. The predicted molar refractivity (Wildman–Crippen MR) is 52.2 cm³/mol. The minimum Gasteiger partial charge on any atom is -0.481 e. The first-order valence-electron chi connectivity index (χ1n) is 5.01. The predicted octanol–water partition coefficient (Wildman–Crippen LogP) is -0.883. The van der Waals surface area contributed by atoms with Gasteiger partial charge in [0.1, 0.15) is 0 Å². The summed E-state index contributed by atoms with van der Waals surface area (Å²) >= 11 is 0. The molecule has 0 radical (unpaired) electrons. The number of rotatable bonds is 4. The summed E-state index contributed by atoms with van der Waals surface area (Å²) in [5.74, 6) is -0.939. The highest BCUT2D eigenvalue weighted by atomic mass is 16.4. The van der Waals surface area contributed by atoms with E-state index in [-0.39, 0.29) is 6.42 Å². The van der Waals surface area contributed by atoms with Crippen molar-refractivity contribution in [3.8, 4) is 0 Å². The van der Waals surface area contributed by atoms with E-state index in [0.717, 1.165) is 32.6 Å². The Kier molecular flexibility index (Phi) is 4.86.